The summed E-state index contributed by atoms with van der Waals surface area (Å²) < 4.78 is 1.09. The number of anilines is 2. The summed E-state index contributed by atoms with van der Waals surface area (Å²) in [5.41, 5.74) is 1.27. The average Bonchev–Trinajstić information content (AvgIpc) is 2.48. The van der Waals surface area contributed by atoms with Crippen molar-refractivity contribution in [1.82, 2.24) is 9.97 Å². The van der Waals surface area contributed by atoms with Gasteiger partial charge in [0.1, 0.15) is 18.0 Å². The van der Waals surface area contributed by atoms with Gasteiger partial charge in [0.25, 0.3) is 0 Å². The second kappa shape index (κ2) is 7.81. The average molecular weight is 337 g/mol. The van der Waals surface area contributed by atoms with E-state index in [1.807, 2.05) is 18.2 Å². The van der Waals surface area contributed by atoms with Crippen LogP contribution in [0, 0.1) is 0 Å². The van der Waals surface area contributed by atoms with Gasteiger partial charge in [-0.2, -0.15) is 0 Å². The predicted molar refractivity (Wildman–Crippen MR) is 83.9 cm³/mol. The van der Waals surface area contributed by atoms with Crippen LogP contribution in [0.1, 0.15) is 5.56 Å². The topological polar surface area (TPSA) is 70.1 Å². The molecule has 0 saturated carbocycles. The van der Waals surface area contributed by atoms with Crippen LogP contribution in [0.5, 0.6) is 0 Å². The number of rotatable bonds is 7. The molecule has 2 rings (SSSR count). The van der Waals surface area contributed by atoms with E-state index in [2.05, 4.69) is 48.7 Å². The van der Waals surface area contributed by atoms with Crippen LogP contribution >= 0.6 is 15.9 Å². The zero-order valence-corrected chi connectivity index (χ0v) is 12.6. The molecule has 1 aromatic carbocycles. The van der Waals surface area contributed by atoms with Gasteiger partial charge < -0.3 is 15.7 Å². The molecule has 2 aromatic rings. The Kier molecular flexibility index (Phi) is 5.76. The van der Waals surface area contributed by atoms with Gasteiger partial charge in [0.2, 0.25) is 0 Å². The first-order valence-corrected chi connectivity index (χ1v) is 7.22. The Balaban J connectivity index is 1.82. The van der Waals surface area contributed by atoms with Crippen molar-refractivity contribution in [3.05, 3.63) is 46.7 Å². The minimum Gasteiger partial charge on any atom is -0.395 e. The lowest BCUT2D eigenvalue weighted by Gasteiger charge is -2.08. The molecule has 3 N–H and O–H groups in total. The van der Waals surface area contributed by atoms with Crippen LogP contribution in [0.3, 0.4) is 0 Å². The molecule has 0 aliphatic carbocycles. The van der Waals surface area contributed by atoms with Gasteiger partial charge in [0, 0.05) is 23.6 Å². The maximum atomic E-state index is 8.76. The van der Waals surface area contributed by atoms with Gasteiger partial charge in [-0.05, 0) is 24.1 Å². The van der Waals surface area contributed by atoms with Crippen LogP contribution in [0.2, 0.25) is 0 Å². The third-order valence-corrected chi connectivity index (χ3v) is 3.25. The lowest BCUT2D eigenvalue weighted by molar-refractivity contribution is 0.311. The van der Waals surface area contributed by atoms with E-state index in [-0.39, 0.29) is 6.61 Å². The Labute approximate surface area is 126 Å². The van der Waals surface area contributed by atoms with Gasteiger partial charge in [0.05, 0.1) is 6.61 Å². The second-order valence-corrected chi connectivity index (χ2v) is 5.16. The van der Waals surface area contributed by atoms with Gasteiger partial charge in [0.15, 0.2) is 0 Å². The van der Waals surface area contributed by atoms with E-state index >= 15 is 0 Å². The summed E-state index contributed by atoms with van der Waals surface area (Å²) in [6.45, 7) is 1.36. The van der Waals surface area contributed by atoms with Crippen LogP contribution in [-0.4, -0.2) is 34.8 Å². The van der Waals surface area contributed by atoms with E-state index in [0.717, 1.165) is 23.3 Å². The van der Waals surface area contributed by atoms with Crippen molar-refractivity contribution in [3.8, 4) is 0 Å². The van der Waals surface area contributed by atoms with Crippen molar-refractivity contribution in [2.45, 2.75) is 6.42 Å². The minimum absolute atomic E-state index is 0.0797. The number of nitrogens with one attached hydrogen (secondary N) is 2. The summed E-state index contributed by atoms with van der Waals surface area (Å²) in [6, 6.07) is 10.1. The summed E-state index contributed by atoms with van der Waals surface area (Å²) >= 11 is 3.42. The van der Waals surface area contributed by atoms with Gasteiger partial charge in [-0.25, -0.2) is 9.97 Å². The maximum absolute atomic E-state index is 8.76. The van der Waals surface area contributed by atoms with Crippen molar-refractivity contribution in [3.63, 3.8) is 0 Å². The number of aliphatic hydroxyl groups is 1. The van der Waals surface area contributed by atoms with E-state index in [9.17, 15) is 0 Å². The molecule has 106 valence electrons. The standard InChI is InChI=1S/C14H17BrN4O/c15-12-3-1-11(2-4-12)5-6-16-13-9-14(17-7-8-20)19-10-18-13/h1-4,9-10,20H,5-8H2,(H2,16,17,18,19). The van der Waals surface area contributed by atoms with Crippen molar-refractivity contribution in [2.24, 2.45) is 0 Å². The fourth-order valence-electron chi connectivity index (χ4n) is 1.72. The third kappa shape index (κ3) is 4.79. The molecule has 0 bridgehead atoms. The van der Waals surface area contributed by atoms with Crippen LogP contribution in [0.4, 0.5) is 11.6 Å². The number of hydrogen-bond donors (Lipinski definition) is 3. The molecule has 6 heteroatoms. The Morgan fingerprint density at radius 2 is 1.65 bits per heavy atom. The Morgan fingerprint density at radius 3 is 2.30 bits per heavy atom. The molecule has 0 unspecified atom stereocenters. The van der Waals surface area contributed by atoms with Gasteiger partial charge in [-0.15, -0.1) is 0 Å². The van der Waals surface area contributed by atoms with E-state index in [4.69, 9.17) is 5.11 Å². The van der Waals surface area contributed by atoms with Crippen molar-refractivity contribution in [2.75, 3.05) is 30.3 Å². The van der Waals surface area contributed by atoms with Crippen molar-refractivity contribution in [1.29, 1.82) is 0 Å². The lowest BCUT2D eigenvalue weighted by Crippen LogP contribution is -2.10. The Bertz CT molecular complexity index is 533. The molecule has 0 saturated heterocycles. The number of aromatic nitrogens is 2. The second-order valence-electron chi connectivity index (χ2n) is 4.24. The quantitative estimate of drug-likeness (QED) is 0.723. The van der Waals surface area contributed by atoms with Gasteiger partial charge >= 0.3 is 0 Å². The van der Waals surface area contributed by atoms with E-state index in [1.54, 1.807) is 0 Å². The Hall–Kier alpha value is -1.66. The smallest absolute Gasteiger partial charge is 0.131 e. The number of nitrogens with zero attached hydrogens (tertiary/aromatic N) is 2. The SMILES string of the molecule is OCCNc1cc(NCCc2ccc(Br)cc2)ncn1. The van der Waals surface area contributed by atoms with Crippen molar-refractivity contribution >= 4 is 27.6 Å². The normalized spacial score (nSPS) is 10.3. The molecule has 20 heavy (non-hydrogen) atoms. The minimum atomic E-state index is 0.0797. The molecule has 0 spiro atoms. The van der Waals surface area contributed by atoms with Crippen LogP contribution in [0.25, 0.3) is 0 Å². The summed E-state index contributed by atoms with van der Waals surface area (Å²) in [6.07, 6.45) is 2.43. The molecule has 0 aliphatic heterocycles. The predicted octanol–water partition coefficient (Wildman–Crippen LogP) is 2.30. The molecule has 0 radical (unpaired) electrons. The molecule has 0 atom stereocenters. The van der Waals surface area contributed by atoms with Gasteiger partial charge in [-0.3, -0.25) is 0 Å². The molecule has 1 aromatic heterocycles. The fourth-order valence-corrected chi connectivity index (χ4v) is 1.98. The van der Waals surface area contributed by atoms with Crippen molar-refractivity contribution < 1.29 is 5.11 Å². The molecular weight excluding hydrogens is 320 g/mol. The fraction of sp³-hybridized carbons (Fsp3) is 0.286. The van der Waals surface area contributed by atoms with E-state index in [1.165, 1.54) is 11.9 Å². The van der Waals surface area contributed by atoms with E-state index < -0.39 is 0 Å². The zero-order valence-electron chi connectivity index (χ0n) is 11.0. The third-order valence-electron chi connectivity index (χ3n) is 2.72. The largest absolute Gasteiger partial charge is 0.395 e. The Morgan fingerprint density at radius 1 is 1.00 bits per heavy atom. The first-order chi connectivity index (χ1) is 9.78. The van der Waals surface area contributed by atoms with Gasteiger partial charge in [-0.1, -0.05) is 28.1 Å². The van der Waals surface area contributed by atoms with Crippen LogP contribution < -0.4 is 10.6 Å². The number of hydrogen-bond acceptors (Lipinski definition) is 5. The first kappa shape index (κ1) is 14.7. The number of halogens is 1. The molecule has 5 nitrogen and oxygen atoms in total. The summed E-state index contributed by atoms with van der Waals surface area (Å²) in [5, 5.41) is 15.0. The van der Waals surface area contributed by atoms with E-state index in [0.29, 0.717) is 12.4 Å². The highest BCUT2D eigenvalue weighted by atomic mass is 79.9. The lowest BCUT2D eigenvalue weighted by atomic mass is 10.1. The number of aliphatic hydroxyl groups excluding tert-OH is 1. The zero-order chi connectivity index (χ0) is 14.2. The molecule has 0 amide bonds. The monoisotopic (exact) mass is 336 g/mol. The maximum Gasteiger partial charge on any atom is 0.131 e. The highest BCUT2D eigenvalue weighted by molar-refractivity contribution is 9.10. The summed E-state index contributed by atoms with van der Waals surface area (Å²) in [4.78, 5) is 8.23. The first-order valence-electron chi connectivity index (χ1n) is 6.43. The highest BCUT2D eigenvalue weighted by Gasteiger charge is 1.98. The summed E-state index contributed by atoms with van der Waals surface area (Å²) in [5.74, 6) is 1.48. The summed E-state index contributed by atoms with van der Waals surface area (Å²) in [7, 11) is 0. The van der Waals surface area contributed by atoms with Crippen LogP contribution in [-0.2, 0) is 6.42 Å². The molecule has 1 heterocycles. The van der Waals surface area contributed by atoms with Crippen LogP contribution in [0.15, 0.2) is 41.1 Å². The molecular formula is C14H17BrN4O. The molecule has 0 aliphatic rings. The molecule has 0 fully saturated rings. The highest BCUT2D eigenvalue weighted by Crippen LogP contribution is 2.12. The number of benzene rings is 1.